The zero-order valence-corrected chi connectivity index (χ0v) is 10.6. The average Bonchev–Trinajstić information content (AvgIpc) is 2.85. The largest absolute Gasteiger partial charge is 0.488 e. The number of ether oxygens (including phenoxy) is 3. The molecule has 1 aliphatic rings. The lowest BCUT2D eigenvalue weighted by molar-refractivity contribution is -0.142. The lowest BCUT2D eigenvalue weighted by Crippen LogP contribution is -2.15. The van der Waals surface area contributed by atoms with Crippen molar-refractivity contribution in [2.75, 3.05) is 19.8 Å². The van der Waals surface area contributed by atoms with Crippen molar-refractivity contribution in [1.82, 2.24) is 0 Å². The predicted octanol–water partition coefficient (Wildman–Crippen LogP) is 1.96. The van der Waals surface area contributed by atoms with Gasteiger partial charge in [0.25, 0.3) is 0 Å². The smallest absolute Gasteiger partial charge is 0.310 e. The molecule has 0 spiro atoms. The molecule has 0 bridgehead atoms. The second kappa shape index (κ2) is 6.40. The second-order valence-corrected chi connectivity index (χ2v) is 4.23. The van der Waals surface area contributed by atoms with Gasteiger partial charge in [-0.2, -0.15) is 0 Å². The molecule has 1 heterocycles. The van der Waals surface area contributed by atoms with Crippen LogP contribution in [0.25, 0.3) is 0 Å². The van der Waals surface area contributed by atoms with Gasteiger partial charge in [-0.1, -0.05) is 12.1 Å². The molecule has 4 heteroatoms. The van der Waals surface area contributed by atoms with E-state index in [0.717, 1.165) is 24.3 Å². The van der Waals surface area contributed by atoms with E-state index < -0.39 is 0 Å². The monoisotopic (exact) mass is 250 g/mol. The van der Waals surface area contributed by atoms with Gasteiger partial charge in [-0.25, -0.2) is 0 Å². The molecule has 1 atom stereocenters. The van der Waals surface area contributed by atoms with Crippen molar-refractivity contribution in [2.45, 2.75) is 25.9 Å². The summed E-state index contributed by atoms with van der Waals surface area (Å²) in [5.74, 6) is 0.619. The molecule has 1 fully saturated rings. The minimum atomic E-state index is -0.199. The first kappa shape index (κ1) is 12.9. The summed E-state index contributed by atoms with van der Waals surface area (Å²) in [5, 5.41) is 0. The molecule has 18 heavy (non-hydrogen) atoms. The highest BCUT2D eigenvalue weighted by molar-refractivity contribution is 5.72. The van der Waals surface area contributed by atoms with Crippen molar-refractivity contribution >= 4 is 5.97 Å². The molecule has 4 nitrogen and oxygen atoms in total. The van der Waals surface area contributed by atoms with Gasteiger partial charge in [0.05, 0.1) is 26.2 Å². The Morgan fingerprint density at radius 3 is 2.78 bits per heavy atom. The van der Waals surface area contributed by atoms with Crippen LogP contribution in [0, 0.1) is 0 Å². The quantitative estimate of drug-likeness (QED) is 0.749. The van der Waals surface area contributed by atoms with Gasteiger partial charge in [0.2, 0.25) is 0 Å². The van der Waals surface area contributed by atoms with Gasteiger partial charge in [-0.15, -0.1) is 0 Å². The van der Waals surface area contributed by atoms with Crippen molar-refractivity contribution in [2.24, 2.45) is 0 Å². The SMILES string of the molecule is CCOC(=O)Cc1ccc(OC2CCOC2)cc1. The highest BCUT2D eigenvalue weighted by Crippen LogP contribution is 2.17. The van der Waals surface area contributed by atoms with E-state index in [1.165, 1.54) is 0 Å². The van der Waals surface area contributed by atoms with Gasteiger partial charge in [-0.05, 0) is 24.6 Å². The van der Waals surface area contributed by atoms with Gasteiger partial charge in [0.15, 0.2) is 0 Å². The molecule has 98 valence electrons. The summed E-state index contributed by atoms with van der Waals surface area (Å²) in [7, 11) is 0. The van der Waals surface area contributed by atoms with E-state index in [0.29, 0.717) is 19.6 Å². The first-order valence-corrected chi connectivity index (χ1v) is 6.27. The van der Waals surface area contributed by atoms with Crippen LogP contribution in [0.3, 0.4) is 0 Å². The molecule has 0 aliphatic carbocycles. The normalized spacial score (nSPS) is 18.6. The van der Waals surface area contributed by atoms with Gasteiger partial charge in [0, 0.05) is 6.42 Å². The Hall–Kier alpha value is -1.55. The fraction of sp³-hybridized carbons (Fsp3) is 0.500. The fourth-order valence-corrected chi connectivity index (χ4v) is 1.86. The Labute approximate surface area is 107 Å². The molecule has 1 saturated heterocycles. The van der Waals surface area contributed by atoms with Gasteiger partial charge < -0.3 is 14.2 Å². The topological polar surface area (TPSA) is 44.8 Å². The molecule has 0 radical (unpaired) electrons. The van der Waals surface area contributed by atoms with Crippen molar-refractivity contribution < 1.29 is 19.0 Å². The number of rotatable bonds is 5. The third kappa shape index (κ3) is 3.74. The molecule has 2 rings (SSSR count). The number of esters is 1. The summed E-state index contributed by atoms with van der Waals surface area (Å²) in [5.41, 5.74) is 0.934. The summed E-state index contributed by atoms with van der Waals surface area (Å²) in [6.07, 6.45) is 1.39. The van der Waals surface area contributed by atoms with Crippen LogP contribution in [-0.4, -0.2) is 31.9 Å². The minimum Gasteiger partial charge on any atom is -0.488 e. The molecule has 0 aromatic heterocycles. The van der Waals surface area contributed by atoms with Crippen LogP contribution in [0.15, 0.2) is 24.3 Å². The Balaban J connectivity index is 1.86. The lowest BCUT2D eigenvalue weighted by Gasteiger charge is -2.12. The maximum Gasteiger partial charge on any atom is 0.310 e. The van der Waals surface area contributed by atoms with Crippen LogP contribution in [0.2, 0.25) is 0 Å². The van der Waals surface area contributed by atoms with E-state index in [2.05, 4.69) is 0 Å². The van der Waals surface area contributed by atoms with Crippen LogP contribution >= 0.6 is 0 Å². The number of hydrogen-bond donors (Lipinski definition) is 0. The molecule has 1 unspecified atom stereocenters. The molecule has 1 aliphatic heterocycles. The molecule has 0 N–H and O–H groups in total. The maximum atomic E-state index is 11.3. The predicted molar refractivity (Wildman–Crippen MR) is 66.6 cm³/mol. The van der Waals surface area contributed by atoms with Gasteiger partial charge >= 0.3 is 5.97 Å². The van der Waals surface area contributed by atoms with E-state index in [1.54, 1.807) is 6.92 Å². The van der Waals surface area contributed by atoms with Crippen LogP contribution in [0.1, 0.15) is 18.9 Å². The number of hydrogen-bond acceptors (Lipinski definition) is 4. The van der Waals surface area contributed by atoms with Gasteiger partial charge in [-0.3, -0.25) is 4.79 Å². The van der Waals surface area contributed by atoms with E-state index in [4.69, 9.17) is 14.2 Å². The first-order valence-electron chi connectivity index (χ1n) is 6.27. The summed E-state index contributed by atoms with van der Waals surface area (Å²) in [4.78, 5) is 11.3. The van der Waals surface area contributed by atoms with Crippen molar-refractivity contribution in [1.29, 1.82) is 0 Å². The van der Waals surface area contributed by atoms with Crippen molar-refractivity contribution in [3.63, 3.8) is 0 Å². The molecule has 0 saturated carbocycles. The third-order valence-electron chi connectivity index (χ3n) is 2.77. The second-order valence-electron chi connectivity index (χ2n) is 4.23. The van der Waals surface area contributed by atoms with Crippen LogP contribution < -0.4 is 4.74 Å². The van der Waals surface area contributed by atoms with Gasteiger partial charge in [0.1, 0.15) is 11.9 Å². The summed E-state index contributed by atoms with van der Waals surface area (Å²) >= 11 is 0. The van der Waals surface area contributed by atoms with E-state index in [-0.39, 0.29) is 12.1 Å². The average molecular weight is 250 g/mol. The molecule has 1 aromatic carbocycles. The van der Waals surface area contributed by atoms with Crippen molar-refractivity contribution in [3.8, 4) is 5.75 Å². The molecular weight excluding hydrogens is 232 g/mol. The summed E-state index contributed by atoms with van der Waals surface area (Å²) in [6, 6.07) is 7.55. The Bertz CT molecular complexity index is 379. The molecular formula is C14H18O4. The van der Waals surface area contributed by atoms with Crippen LogP contribution in [0.5, 0.6) is 5.75 Å². The minimum absolute atomic E-state index is 0.154. The fourth-order valence-electron chi connectivity index (χ4n) is 1.86. The first-order chi connectivity index (χ1) is 8.78. The van der Waals surface area contributed by atoms with E-state index >= 15 is 0 Å². The summed E-state index contributed by atoms with van der Waals surface area (Å²) in [6.45, 7) is 3.65. The highest BCUT2D eigenvalue weighted by Gasteiger charge is 2.16. The van der Waals surface area contributed by atoms with Crippen LogP contribution in [0.4, 0.5) is 0 Å². The third-order valence-corrected chi connectivity index (χ3v) is 2.77. The standard InChI is InChI=1S/C14H18O4/c1-2-17-14(15)9-11-3-5-12(6-4-11)18-13-7-8-16-10-13/h3-6,13H,2,7-10H2,1H3. The lowest BCUT2D eigenvalue weighted by atomic mass is 10.1. The van der Waals surface area contributed by atoms with Crippen LogP contribution in [-0.2, 0) is 20.7 Å². The Morgan fingerprint density at radius 2 is 2.17 bits per heavy atom. The Morgan fingerprint density at radius 1 is 1.39 bits per heavy atom. The van der Waals surface area contributed by atoms with E-state index in [9.17, 15) is 4.79 Å². The molecule has 1 aromatic rings. The maximum absolute atomic E-state index is 11.3. The zero-order chi connectivity index (χ0) is 12.8. The van der Waals surface area contributed by atoms with E-state index in [1.807, 2.05) is 24.3 Å². The number of carbonyl (C=O) groups is 1. The number of benzene rings is 1. The highest BCUT2D eigenvalue weighted by atomic mass is 16.5. The zero-order valence-electron chi connectivity index (χ0n) is 10.6. The van der Waals surface area contributed by atoms with Crippen molar-refractivity contribution in [3.05, 3.63) is 29.8 Å². The Kier molecular flexibility index (Phi) is 4.59. The summed E-state index contributed by atoms with van der Waals surface area (Å²) < 4.78 is 15.9. The molecule has 0 amide bonds. The number of carbonyl (C=O) groups excluding carboxylic acids is 1.